The standard InChI is InChI=1S/C13H14F2N4O3S2/c1-23-13-11(24(2,21)22)12(16)19(18-13)6-10(20)17-9-4-3-7(14)5-8(9)15/h3-5H,6,16H2,1-2H3,(H,17,20). The number of sulfone groups is 1. The van der Waals surface area contributed by atoms with Gasteiger partial charge >= 0.3 is 0 Å². The molecule has 7 nitrogen and oxygen atoms in total. The number of nitrogen functional groups attached to an aromatic ring is 1. The molecule has 0 aliphatic rings. The summed E-state index contributed by atoms with van der Waals surface area (Å²) in [5.41, 5.74) is 5.55. The second-order valence-corrected chi connectivity index (χ2v) is 7.57. The lowest BCUT2D eigenvalue weighted by Crippen LogP contribution is -2.21. The Hall–Kier alpha value is -2.14. The van der Waals surface area contributed by atoms with Crippen LogP contribution in [0.25, 0.3) is 0 Å². The fraction of sp³-hybridized carbons (Fsp3) is 0.231. The van der Waals surface area contributed by atoms with Crippen LogP contribution in [0.4, 0.5) is 20.3 Å². The largest absolute Gasteiger partial charge is 0.383 e. The monoisotopic (exact) mass is 376 g/mol. The highest BCUT2D eigenvalue weighted by Gasteiger charge is 2.24. The number of nitrogens with one attached hydrogen (secondary N) is 1. The zero-order valence-corrected chi connectivity index (χ0v) is 14.3. The first kappa shape index (κ1) is 18.2. The Bertz CT molecular complexity index is 897. The van der Waals surface area contributed by atoms with E-state index in [9.17, 15) is 22.0 Å². The minimum atomic E-state index is -3.62. The number of anilines is 2. The molecule has 0 aliphatic heterocycles. The molecule has 0 saturated heterocycles. The lowest BCUT2D eigenvalue weighted by molar-refractivity contribution is -0.116. The zero-order valence-electron chi connectivity index (χ0n) is 12.7. The van der Waals surface area contributed by atoms with Crippen molar-refractivity contribution in [3.63, 3.8) is 0 Å². The number of hydrogen-bond donors (Lipinski definition) is 2. The molecule has 1 heterocycles. The number of aromatic nitrogens is 2. The molecule has 0 radical (unpaired) electrons. The molecule has 2 aromatic rings. The number of carbonyl (C=O) groups excluding carboxylic acids is 1. The summed E-state index contributed by atoms with van der Waals surface area (Å²) in [4.78, 5) is 11.8. The second kappa shape index (κ2) is 6.77. The summed E-state index contributed by atoms with van der Waals surface area (Å²) in [6, 6.07) is 2.70. The smallest absolute Gasteiger partial charge is 0.246 e. The van der Waals surface area contributed by atoms with Crippen molar-refractivity contribution in [2.45, 2.75) is 16.5 Å². The minimum Gasteiger partial charge on any atom is -0.383 e. The summed E-state index contributed by atoms with van der Waals surface area (Å²) < 4.78 is 50.9. The van der Waals surface area contributed by atoms with Gasteiger partial charge in [0.1, 0.15) is 33.9 Å². The van der Waals surface area contributed by atoms with Crippen molar-refractivity contribution >= 4 is 39.0 Å². The van der Waals surface area contributed by atoms with Crippen molar-refractivity contribution in [3.05, 3.63) is 29.8 Å². The Balaban J connectivity index is 2.25. The molecular formula is C13H14F2N4O3S2. The van der Waals surface area contributed by atoms with Gasteiger partial charge in [0, 0.05) is 12.3 Å². The van der Waals surface area contributed by atoms with E-state index in [1.165, 1.54) is 0 Å². The van der Waals surface area contributed by atoms with Crippen LogP contribution in [0, 0.1) is 11.6 Å². The number of rotatable bonds is 5. The molecule has 0 spiro atoms. The van der Waals surface area contributed by atoms with Crippen LogP contribution in [0.3, 0.4) is 0 Å². The number of amides is 1. The van der Waals surface area contributed by atoms with E-state index in [0.717, 1.165) is 34.8 Å². The molecule has 11 heteroatoms. The van der Waals surface area contributed by atoms with E-state index >= 15 is 0 Å². The van der Waals surface area contributed by atoms with Crippen LogP contribution in [0.15, 0.2) is 28.1 Å². The average molecular weight is 376 g/mol. The number of nitrogens with two attached hydrogens (primary N) is 1. The van der Waals surface area contributed by atoms with Gasteiger partial charge < -0.3 is 11.1 Å². The first-order valence-corrected chi connectivity index (χ1v) is 9.60. The highest BCUT2D eigenvalue weighted by Crippen LogP contribution is 2.29. The molecule has 1 aromatic carbocycles. The molecule has 0 atom stereocenters. The number of hydrogen-bond acceptors (Lipinski definition) is 6. The second-order valence-electron chi connectivity index (χ2n) is 4.83. The summed E-state index contributed by atoms with van der Waals surface area (Å²) in [7, 11) is -3.62. The normalized spacial score (nSPS) is 11.5. The molecule has 1 amide bonds. The van der Waals surface area contributed by atoms with E-state index in [4.69, 9.17) is 5.73 Å². The number of thioether (sulfide) groups is 1. The Morgan fingerprint density at radius 1 is 1.42 bits per heavy atom. The summed E-state index contributed by atoms with van der Waals surface area (Å²) in [5, 5.41) is 6.38. The number of nitrogens with zero attached hydrogens (tertiary/aromatic N) is 2. The van der Waals surface area contributed by atoms with Crippen molar-refractivity contribution in [2.24, 2.45) is 0 Å². The molecule has 0 bridgehead atoms. The van der Waals surface area contributed by atoms with Crippen LogP contribution >= 0.6 is 11.8 Å². The van der Waals surface area contributed by atoms with Crippen molar-refractivity contribution in [1.82, 2.24) is 9.78 Å². The quantitative estimate of drug-likeness (QED) is 0.766. The van der Waals surface area contributed by atoms with Gasteiger partial charge in [-0.3, -0.25) is 4.79 Å². The lowest BCUT2D eigenvalue weighted by Gasteiger charge is -2.07. The molecule has 0 saturated carbocycles. The predicted octanol–water partition coefficient (Wildman–Crippen LogP) is 1.51. The van der Waals surface area contributed by atoms with E-state index < -0.39 is 33.9 Å². The number of carbonyl (C=O) groups is 1. The van der Waals surface area contributed by atoms with Crippen molar-refractivity contribution in [1.29, 1.82) is 0 Å². The van der Waals surface area contributed by atoms with Gasteiger partial charge in [-0.2, -0.15) is 5.10 Å². The fourth-order valence-corrected chi connectivity index (χ4v) is 3.97. The molecule has 0 unspecified atom stereocenters. The van der Waals surface area contributed by atoms with Gasteiger partial charge in [-0.1, -0.05) is 0 Å². The maximum atomic E-state index is 13.5. The van der Waals surface area contributed by atoms with E-state index in [1.54, 1.807) is 6.26 Å². The maximum absolute atomic E-state index is 13.5. The van der Waals surface area contributed by atoms with Crippen LogP contribution in [0.2, 0.25) is 0 Å². The zero-order chi connectivity index (χ0) is 18.1. The molecule has 130 valence electrons. The van der Waals surface area contributed by atoms with Crippen LogP contribution in [0.5, 0.6) is 0 Å². The average Bonchev–Trinajstić information content (AvgIpc) is 2.78. The Morgan fingerprint density at radius 3 is 2.58 bits per heavy atom. The van der Waals surface area contributed by atoms with Gasteiger partial charge in [-0.15, -0.1) is 11.8 Å². The number of benzene rings is 1. The van der Waals surface area contributed by atoms with E-state index in [1.807, 2.05) is 0 Å². The molecule has 0 aliphatic carbocycles. The molecule has 0 fully saturated rings. The fourth-order valence-electron chi connectivity index (χ4n) is 1.95. The highest BCUT2D eigenvalue weighted by molar-refractivity contribution is 7.99. The summed E-state index contributed by atoms with van der Waals surface area (Å²) in [6.45, 7) is -0.425. The number of halogens is 2. The van der Waals surface area contributed by atoms with E-state index in [2.05, 4.69) is 10.4 Å². The SMILES string of the molecule is CSc1nn(CC(=O)Nc2ccc(F)cc2F)c(N)c1S(C)(=O)=O. The summed E-state index contributed by atoms with van der Waals surface area (Å²) >= 11 is 1.07. The first-order valence-electron chi connectivity index (χ1n) is 6.48. The maximum Gasteiger partial charge on any atom is 0.246 e. The summed E-state index contributed by atoms with van der Waals surface area (Å²) in [5.74, 6) is -2.58. The van der Waals surface area contributed by atoms with Crippen LogP contribution in [0.1, 0.15) is 0 Å². The minimum absolute atomic E-state index is 0.157. The van der Waals surface area contributed by atoms with Crippen LogP contribution in [-0.2, 0) is 21.2 Å². The molecule has 2 rings (SSSR count). The van der Waals surface area contributed by atoms with Gasteiger partial charge in [0.2, 0.25) is 5.91 Å². The Labute approximate surface area is 141 Å². The highest BCUT2D eigenvalue weighted by atomic mass is 32.2. The van der Waals surface area contributed by atoms with E-state index in [-0.39, 0.29) is 21.4 Å². The summed E-state index contributed by atoms with van der Waals surface area (Å²) in [6.07, 6.45) is 2.60. The Kier molecular flexibility index (Phi) is 5.13. The molecule has 3 N–H and O–H groups in total. The molecule has 24 heavy (non-hydrogen) atoms. The van der Waals surface area contributed by atoms with Gasteiger partial charge in [0.25, 0.3) is 0 Å². The van der Waals surface area contributed by atoms with Gasteiger partial charge in [0.15, 0.2) is 9.84 Å². The predicted molar refractivity (Wildman–Crippen MR) is 86.5 cm³/mol. The van der Waals surface area contributed by atoms with E-state index in [0.29, 0.717) is 6.07 Å². The third-order valence-corrected chi connectivity index (χ3v) is 4.92. The third kappa shape index (κ3) is 3.85. The molecular weight excluding hydrogens is 362 g/mol. The van der Waals surface area contributed by atoms with Crippen LogP contribution < -0.4 is 11.1 Å². The van der Waals surface area contributed by atoms with Crippen molar-refractivity contribution in [3.8, 4) is 0 Å². The van der Waals surface area contributed by atoms with Crippen molar-refractivity contribution < 1.29 is 22.0 Å². The van der Waals surface area contributed by atoms with Crippen LogP contribution in [-0.4, -0.2) is 36.6 Å². The lowest BCUT2D eigenvalue weighted by atomic mass is 10.3. The van der Waals surface area contributed by atoms with Gasteiger partial charge in [0.05, 0.1) is 5.69 Å². The van der Waals surface area contributed by atoms with Gasteiger partial charge in [-0.05, 0) is 18.4 Å². The third-order valence-electron chi connectivity index (χ3n) is 2.98. The topological polar surface area (TPSA) is 107 Å². The molecule has 1 aromatic heterocycles. The van der Waals surface area contributed by atoms with Gasteiger partial charge in [-0.25, -0.2) is 21.9 Å². The first-order chi connectivity index (χ1) is 11.1. The Morgan fingerprint density at radius 2 is 2.08 bits per heavy atom. The van der Waals surface area contributed by atoms with Crippen molar-refractivity contribution in [2.75, 3.05) is 23.6 Å².